The zero-order valence-electron chi connectivity index (χ0n) is 17.1. The van der Waals surface area contributed by atoms with Crippen LogP contribution in [0.25, 0.3) is 0 Å². The first kappa shape index (κ1) is 20.1. The molecule has 0 bridgehead atoms. The highest BCUT2D eigenvalue weighted by Crippen LogP contribution is 2.34. The Bertz CT molecular complexity index is 819. The quantitative estimate of drug-likeness (QED) is 0.772. The molecule has 3 rings (SSSR count). The lowest BCUT2D eigenvalue weighted by Crippen LogP contribution is -2.41. The molecule has 0 aliphatic carbocycles. The Morgan fingerprint density at radius 3 is 2.39 bits per heavy atom. The first-order chi connectivity index (χ1) is 13.5. The summed E-state index contributed by atoms with van der Waals surface area (Å²) < 4.78 is 11.5. The summed E-state index contributed by atoms with van der Waals surface area (Å²) in [6.45, 7) is 9.56. The summed E-state index contributed by atoms with van der Waals surface area (Å²) in [7, 11) is 0. The maximum atomic E-state index is 12.7. The van der Waals surface area contributed by atoms with Gasteiger partial charge in [0.1, 0.15) is 0 Å². The second-order valence-corrected chi connectivity index (χ2v) is 7.67. The molecular weight excluding hydrogens is 352 g/mol. The number of ether oxygens (including phenoxy) is 2. The van der Waals surface area contributed by atoms with Gasteiger partial charge in [0.15, 0.2) is 11.5 Å². The first-order valence-corrected chi connectivity index (χ1v) is 9.98. The summed E-state index contributed by atoms with van der Waals surface area (Å²) >= 11 is 0. The fourth-order valence-electron chi connectivity index (χ4n) is 3.54. The molecule has 1 aliphatic heterocycles. The van der Waals surface area contributed by atoms with Gasteiger partial charge < -0.3 is 20.1 Å². The van der Waals surface area contributed by atoms with E-state index in [-0.39, 0.29) is 24.0 Å². The lowest BCUT2D eigenvalue weighted by Gasteiger charge is -2.25. The number of rotatable bonds is 5. The van der Waals surface area contributed by atoms with E-state index in [9.17, 15) is 4.79 Å². The Morgan fingerprint density at radius 2 is 1.68 bits per heavy atom. The van der Waals surface area contributed by atoms with Crippen LogP contribution in [0.3, 0.4) is 0 Å². The number of nitrogens with one attached hydrogen (secondary N) is 2. The van der Waals surface area contributed by atoms with Crippen molar-refractivity contribution in [3.63, 3.8) is 0 Å². The van der Waals surface area contributed by atoms with Crippen molar-refractivity contribution in [1.29, 1.82) is 0 Å². The molecule has 0 aromatic heterocycles. The van der Waals surface area contributed by atoms with E-state index in [0.29, 0.717) is 13.2 Å². The van der Waals surface area contributed by atoms with Crippen molar-refractivity contribution in [3.8, 4) is 11.5 Å². The highest BCUT2D eigenvalue weighted by molar-refractivity contribution is 5.75. The van der Waals surface area contributed by atoms with Gasteiger partial charge >= 0.3 is 6.03 Å². The number of carbonyl (C=O) groups is 1. The van der Waals surface area contributed by atoms with E-state index in [1.807, 2.05) is 43.3 Å². The third kappa shape index (κ3) is 4.77. The summed E-state index contributed by atoms with van der Waals surface area (Å²) in [6, 6.07) is 13.6. The molecule has 0 unspecified atom stereocenters. The SMILES string of the molecule is Cc1ccccc1[C@@H](C)NC(=O)N[C@H](c1ccc2c(c1)OCCCO2)C(C)C. The van der Waals surface area contributed by atoms with Crippen LogP contribution in [0.5, 0.6) is 11.5 Å². The molecule has 5 heteroatoms. The van der Waals surface area contributed by atoms with Crippen LogP contribution < -0.4 is 20.1 Å². The molecule has 2 aromatic rings. The van der Waals surface area contributed by atoms with Gasteiger partial charge in [-0.15, -0.1) is 0 Å². The maximum absolute atomic E-state index is 12.7. The summed E-state index contributed by atoms with van der Waals surface area (Å²) in [5, 5.41) is 6.19. The average Bonchev–Trinajstić information content (AvgIpc) is 2.91. The van der Waals surface area contributed by atoms with Crippen molar-refractivity contribution < 1.29 is 14.3 Å². The molecule has 0 saturated heterocycles. The third-order valence-corrected chi connectivity index (χ3v) is 5.09. The summed E-state index contributed by atoms with van der Waals surface area (Å²) in [5.74, 6) is 1.74. The smallest absolute Gasteiger partial charge is 0.315 e. The fraction of sp³-hybridized carbons (Fsp3) is 0.435. The lowest BCUT2D eigenvalue weighted by atomic mass is 9.95. The van der Waals surface area contributed by atoms with E-state index in [4.69, 9.17) is 9.47 Å². The third-order valence-electron chi connectivity index (χ3n) is 5.09. The predicted molar refractivity (Wildman–Crippen MR) is 111 cm³/mol. The van der Waals surface area contributed by atoms with Crippen molar-refractivity contribution in [3.05, 3.63) is 59.2 Å². The number of hydrogen-bond acceptors (Lipinski definition) is 3. The van der Waals surface area contributed by atoms with Crippen molar-refractivity contribution in [2.24, 2.45) is 5.92 Å². The van der Waals surface area contributed by atoms with Gasteiger partial charge in [-0.05, 0) is 48.6 Å². The van der Waals surface area contributed by atoms with Gasteiger partial charge in [0.05, 0.1) is 25.3 Å². The minimum absolute atomic E-state index is 0.0715. The van der Waals surface area contributed by atoms with Crippen LogP contribution in [0.15, 0.2) is 42.5 Å². The van der Waals surface area contributed by atoms with Gasteiger partial charge in [-0.25, -0.2) is 4.79 Å². The zero-order valence-corrected chi connectivity index (χ0v) is 17.1. The maximum Gasteiger partial charge on any atom is 0.315 e. The standard InChI is InChI=1S/C23H30N2O3/c1-15(2)22(18-10-11-20-21(14-18)28-13-7-12-27-20)25-23(26)24-17(4)19-9-6-5-8-16(19)3/h5-6,8-11,14-15,17,22H,7,12-13H2,1-4H3,(H2,24,25,26)/t17-,22+/m1/s1. The first-order valence-electron chi connectivity index (χ1n) is 9.98. The van der Waals surface area contributed by atoms with Gasteiger partial charge in [0.2, 0.25) is 0 Å². The molecule has 2 N–H and O–H groups in total. The van der Waals surface area contributed by atoms with Gasteiger partial charge in [-0.1, -0.05) is 44.2 Å². The molecule has 0 radical (unpaired) electrons. The summed E-state index contributed by atoms with van der Waals surface area (Å²) in [5.41, 5.74) is 3.30. The van der Waals surface area contributed by atoms with Gasteiger partial charge in [-0.3, -0.25) is 0 Å². The second-order valence-electron chi connectivity index (χ2n) is 7.67. The topological polar surface area (TPSA) is 59.6 Å². The Hall–Kier alpha value is -2.69. The van der Waals surface area contributed by atoms with Crippen molar-refractivity contribution in [1.82, 2.24) is 10.6 Å². The van der Waals surface area contributed by atoms with E-state index in [1.54, 1.807) is 0 Å². The molecule has 2 atom stereocenters. The molecule has 2 aromatic carbocycles. The van der Waals surface area contributed by atoms with E-state index >= 15 is 0 Å². The fourth-order valence-corrected chi connectivity index (χ4v) is 3.54. The number of benzene rings is 2. The minimum atomic E-state index is -0.179. The normalized spacial score (nSPS) is 15.5. The van der Waals surface area contributed by atoms with Gasteiger partial charge in [-0.2, -0.15) is 0 Å². The van der Waals surface area contributed by atoms with Crippen molar-refractivity contribution >= 4 is 6.03 Å². The second kappa shape index (κ2) is 9.00. The van der Waals surface area contributed by atoms with E-state index in [1.165, 1.54) is 5.56 Å². The Balaban J connectivity index is 1.72. The number of urea groups is 1. The molecule has 1 aliphatic rings. The van der Waals surface area contributed by atoms with Crippen LogP contribution in [-0.2, 0) is 0 Å². The van der Waals surface area contributed by atoms with E-state index in [2.05, 4.69) is 37.5 Å². The van der Waals surface area contributed by atoms with E-state index < -0.39 is 0 Å². The highest BCUT2D eigenvalue weighted by atomic mass is 16.5. The van der Waals surface area contributed by atoms with Crippen LogP contribution in [0.4, 0.5) is 4.79 Å². The summed E-state index contributed by atoms with van der Waals surface area (Å²) in [4.78, 5) is 12.7. The van der Waals surface area contributed by atoms with Crippen molar-refractivity contribution in [2.75, 3.05) is 13.2 Å². The molecule has 0 saturated carbocycles. The molecule has 2 amide bonds. The van der Waals surface area contributed by atoms with Crippen LogP contribution in [0.1, 0.15) is 56.0 Å². The molecule has 28 heavy (non-hydrogen) atoms. The Kier molecular flexibility index (Phi) is 6.45. The number of hydrogen-bond donors (Lipinski definition) is 2. The largest absolute Gasteiger partial charge is 0.490 e. The number of amides is 2. The van der Waals surface area contributed by atoms with Crippen LogP contribution >= 0.6 is 0 Å². The predicted octanol–water partition coefficient (Wildman–Crippen LogP) is 4.91. The molecule has 1 heterocycles. The highest BCUT2D eigenvalue weighted by Gasteiger charge is 2.22. The van der Waals surface area contributed by atoms with Crippen LogP contribution in [0, 0.1) is 12.8 Å². The van der Waals surface area contributed by atoms with Gasteiger partial charge in [0.25, 0.3) is 0 Å². The number of fused-ring (bicyclic) bond motifs is 1. The summed E-state index contributed by atoms with van der Waals surface area (Å²) in [6.07, 6.45) is 0.870. The average molecular weight is 383 g/mol. The molecule has 5 nitrogen and oxygen atoms in total. The van der Waals surface area contributed by atoms with Crippen molar-refractivity contribution in [2.45, 2.75) is 46.2 Å². The lowest BCUT2D eigenvalue weighted by molar-refractivity contribution is 0.230. The monoisotopic (exact) mass is 382 g/mol. The Labute approximate surface area is 167 Å². The minimum Gasteiger partial charge on any atom is -0.490 e. The zero-order chi connectivity index (χ0) is 20.1. The molecule has 0 spiro atoms. The molecule has 0 fully saturated rings. The van der Waals surface area contributed by atoms with Gasteiger partial charge in [0, 0.05) is 6.42 Å². The number of aryl methyl sites for hydroxylation is 1. The Morgan fingerprint density at radius 1 is 0.964 bits per heavy atom. The van der Waals surface area contributed by atoms with Crippen LogP contribution in [0.2, 0.25) is 0 Å². The molecular formula is C23H30N2O3. The molecule has 150 valence electrons. The van der Waals surface area contributed by atoms with Crippen LogP contribution in [-0.4, -0.2) is 19.2 Å². The number of carbonyl (C=O) groups excluding carboxylic acids is 1. The van der Waals surface area contributed by atoms with E-state index in [0.717, 1.165) is 29.0 Å².